The molecule has 2 rings (SSSR count). The molecule has 0 aromatic heterocycles. The van der Waals surface area contributed by atoms with Crippen molar-refractivity contribution in [2.45, 2.75) is 32.2 Å². The van der Waals surface area contributed by atoms with Crippen molar-refractivity contribution in [2.24, 2.45) is 5.73 Å². The lowest BCUT2D eigenvalue weighted by molar-refractivity contribution is 0.506. The van der Waals surface area contributed by atoms with Crippen molar-refractivity contribution in [3.05, 3.63) is 29.6 Å². The van der Waals surface area contributed by atoms with Crippen LogP contribution < -0.4 is 10.6 Å². The summed E-state index contributed by atoms with van der Waals surface area (Å²) in [5.41, 5.74) is 6.74. The van der Waals surface area contributed by atoms with Crippen LogP contribution in [-0.4, -0.2) is 17.1 Å². The van der Waals surface area contributed by atoms with E-state index in [0.717, 1.165) is 19.4 Å². The second-order valence-electron chi connectivity index (χ2n) is 5.10. The Kier molecular flexibility index (Phi) is 3.08. The van der Waals surface area contributed by atoms with Gasteiger partial charge in [0.25, 0.3) is 0 Å². The highest BCUT2D eigenvalue weighted by atomic mass is 32.1. The van der Waals surface area contributed by atoms with Crippen LogP contribution >= 0.6 is 12.2 Å². The number of halogens is 1. The number of hydrogen-bond donors (Lipinski definition) is 1. The van der Waals surface area contributed by atoms with E-state index in [1.807, 2.05) is 0 Å². The van der Waals surface area contributed by atoms with E-state index in [9.17, 15) is 4.39 Å². The second kappa shape index (κ2) is 4.26. The lowest BCUT2D eigenvalue weighted by Crippen LogP contribution is -2.38. The van der Waals surface area contributed by atoms with Crippen molar-refractivity contribution in [3.63, 3.8) is 0 Å². The van der Waals surface area contributed by atoms with Crippen LogP contribution in [0.2, 0.25) is 0 Å². The smallest absolute Gasteiger partial charge is 0.147 e. The Morgan fingerprint density at radius 1 is 1.47 bits per heavy atom. The maximum atomic E-state index is 14.0. The molecule has 0 amide bonds. The topological polar surface area (TPSA) is 29.3 Å². The average molecular weight is 252 g/mol. The van der Waals surface area contributed by atoms with Crippen molar-refractivity contribution in [3.8, 4) is 0 Å². The van der Waals surface area contributed by atoms with E-state index in [2.05, 4.69) is 18.7 Å². The van der Waals surface area contributed by atoms with Crippen molar-refractivity contribution in [1.29, 1.82) is 0 Å². The summed E-state index contributed by atoms with van der Waals surface area (Å²) in [4.78, 5) is 2.35. The van der Waals surface area contributed by atoms with Gasteiger partial charge in [0.05, 0.1) is 5.69 Å². The molecule has 1 aliphatic rings. The van der Waals surface area contributed by atoms with Gasteiger partial charge in [-0.2, -0.15) is 0 Å². The van der Waals surface area contributed by atoms with Crippen molar-refractivity contribution in [1.82, 2.24) is 0 Å². The van der Waals surface area contributed by atoms with Gasteiger partial charge < -0.3 is 10.6 Å². The van der Waals surface area contributed by atoms with E-state index >= 15 is 0 Å². The molecule has 0 radical (unpaired) electrons. The zero-order chi connectivity index (χ0) is 12.6. The highest BCUT2D eigenvalue weighted by molar-refractivity contribution is 7.80. The number of benzene rings is 1. The predicted molar refractivity (Wildman–Crippen MR) is 72.9 cm³/mol. The number of rotatable bonds is 2. The normalized spacial score (nSPS) is 18.4. The lowest BCUT2D eigenvalue weighted by atomic mass is 10.0. The Morgan fingerprint density at radius 2 is 2.18 bits per heavy atom. The Hall–Kier alpha value is -1.16. The molecular formula is C13H17FN2S. The number of anilines is 1. The lowest BCUT2D eigenvalue weighted by Gasteiger charge is -2.34. The van der Waals surface area contributed by atoms with Gasteiger partial charge in [-0.1, -0.05) is 12.2 Å². The van der Waals surface area contributed by atoms with Crippen molar-refractivity contribution < 1.29 is 4.39 Å². The average Bonchev–Trinajstić information content (AvgIpc) is 2.58. The van der Waals surface area contributed by atoms with E-state index in [1.165, 1.54) is 6.07 Å². The molecule has 0 atom stereocenters. The third kappa shape index (κ3) is 2.27. The van der Waals surface area contributed by atoms with E-state index in [0.29, 0.717) is 11.3 Å². The molecule has 4 heteroatoms. The van der Waals surface area contributed by atoms with Gasteiger partial charge in [-0.25, -0.2) is 4.39 Å². The van der Waals surface area contributed by atoms with Crippen LogP contribution in [0.25, 0.3) is 0 Å². The maximum Gasteiger partial charge on any atom is 0.147 e. The zero-order valence-electron chi connectivity index (χ0n) is 10.2. The number of nitrogens with two attached hydrogens (primary N) is 1. The molecule has 1 heterocycles. The van der Waals surface area contributed by atoms with Crippen molar-refractivity contribution in [2.75, 3.05) is 11.4 Å². The number of hydrogen-bond acceptors (Lipinski definition) is 2. The van der Waals surface area contributed by atoms with Gasteiger partial charge in [0.2, 0.25) is 0 Å². The monoisotopic (exact) mass is 252 g/mol. The van der Waals surface area contributed by atoms with Crippen LogP contribution in [0.4, 0.5) is 10.1 Å². The SMILES string of the molecule is CC1(C)CCCN1c1ccc(C(N)=S)cc1F. The molecule has 1 fully saturated rings. The van der Waals surface area contributed by atoms with Gasteiger partial charge in [-0.3, -0.25) is 0 Å². The van der Waals surface area contributed by atoms with Crippen molar-refractivity contribution >= 4 is 22.9 Å². The first kappa shape index (κ1) is 12.3. The summed E-state index contributed by atoms with van der Waals surface area (Å²) in [7, 11) is 0. The van der Waals surface area contributed by atoms with E-state index in [1.54, 1.807) is 12.1 Å². The third-order valence-corrected chi connectivity index (χ3v) is 3.66. The van der Waals surface area contributed by atoms with Crippen LogP contribution in [-0.2, 0) is 0 Å². The summed E-state index contributed by atoms with van der Waals surface area (Å²) in [5.74, 6) is -0.245. The number of nitrogens with zero attached hydrogens (tertiary/aromatic N) is 1. The molecule has 0 bridgehead atoms. The summed E-state index contributed by atoms with van der Waals surface area (Å²) in [6.45, 7) is 5.18. The minimum absolute atomic E-state index is 0.0194. The summed E-state index contributed by atoms with van der Waals surface area (Å²) in [6, 6.07) is 4.98. The van der Waals surface area contributed by atoms with Crippen LogP contribution in [0.3, 0.4) is 0 Å². The molecule has 1 saturated heterocycles. The minimum atomic E-state index is -0.245. The maximum absolute atomic E-state index is 14.0. The first-order valence-corrected chi connectivity index (χ1v) is 6.20. The molecule has 0 spiro atoms. The quantitative estimate of drug-likeness (QED) is 0.821. The predicted octanol–water partition coefficient (Wildman–Crippen LogP) is 2.84. The van der Waals surface area contributed by atoms with E-state index in [-0.39, 0.29) is 16.3 Å². The molecule has 1 aliphatic heterocycles. The standard InChI is InChI=1S/C13H17FN2S/c1-13(2)6-3-7-16(13)11-5-4-9(12(15)17)8-10(11)14/h4-5,8H,3,6-7H2,1-2H3,(H2,15,17). The molecular weight excluding hydrogens is 235 g/mol. The Labute approximate surface area is 107 Å². The largest absolute Gasteiger partial charge is 0.389 e. The molecule has 92 valence electrons. The van der Waals surface area contributed by atoms with Crippen LogP contribution in [0.15, 0.2) is 18.2 Å². The second-order valence-corrected chi connectivity index (χ2v) is 5.54. The first-order chi connectivity index (χ1) is 7.92. The highest BCUT2D eigenvalue weighted by Crippen LogP contribution is 2.35. The Balaban J connectivity index is 2.37. The van der Waals surface area contributed by atoms with Gasteiger partial charge in [-0.15, -0.1) is 0 Å². The molecule has 2 nitrogen and oxygen atoms in total. The third-order valence-electron chi connectivity index (χ3n) is 3.42. The van der Waals surface area contributed by atoms with E-state index in [4.69, 9.17) is 18.0 Å². The fraction of sp³-hybridized carbons (Fsp3) is 0.462. The van der Waals surface area contributed by atoms with Gasteiger partial charge >= 0.3 is 0 Å². The summed E-state index contributed by atoms with van der Waals surface area (Å²) in [5, 5.41) is 0. The van der Waals surface area contributed by atoms with Gasteiger partial charge in [0.1, 0.15) is 10.8 Å². The van der Waals surface area contributed by atoms with Gasteiger partial charge in [0, 0.05) is 17.6 Å². The van der Waals surface area contributed by atoms with Gasteiger partial charge in [0.15, 0.2) is 0 Å². The number of thiocarbonyl (C=S) groups is 1. The van der Waals surface area contributed by atoms with E-state index < -0.39 is 0 Å². The fourth-order valence-corrected chi connectivity index (χ4v) is 2.56. The zero-order valence-corrected chi connectivity index (χ0v) is 11.0. The molecule has 1 aromatic carbocycles. The van der Waals surface area contributed by atoms with Crippen LogP contribution in [0, 0.1) is 5.82 Å². The Morgan fingerprint density at radius 3 is 2.65 bits per heavy atom. The molecule has 2 N–H and O–H groups in total. The molecule has 17 heavy (non-hydrogen) atoms. The minimum Gasteiger partial charge on any atom is -0.389 e. The first-order valence-electron chi connectivity index (χ1n) is 5.79. The highest BCUT2D eigenvalue weighted by Gasteiger charge is 2.33. The summed E-state index contributed by atoms with van der Waals surface area (Å²) < 4.78 is 14.0. The van der Waals surface area contributed by atoms with Gasteiger partial charge in [-0.05, 0) is 44.9 Å². The van der Waals surface area contributed by atoms with Crippen LogP contribution in [0.5, 0.6) is 0 Å². The Bertz CT molecular complexity index is 457. The van der Waals surface area contributed by atoms with Crippen LogP contribution in [0.1, 0.15) is 32.3 Å². The molecule has 0 unspecified atom stereocenters. The molecule has 1 aromatic rings. The molecule has 0 aliphatic carbocycles. The summed E-state index contributed by atoms with van der Waals surface area (Å²) in [6.07, 6.45) is 2.19. The summed E-state index contributed by atoms with van der Waals surface area (Å²) >= 11 is 4.84. The fourth-order valence-electron chi connectivity index (χ4n) is 2.43. The molecule has 0 saturated carbocycles.